The molecule has 3 aromatic carbocycles. The molecule has 234 valence electrons. The van der Waals surface area contributed by atoms with Crippen LogP contribution >= 0.6 is 0 Å². The molecule has 6 aromatic rings. The first-order valence-electron chi connectivity index (χ1n) is 14.5. The van der Waals surface area contributed by atoms with Crippen molar-refractivity contribution in [2.75, 3.05) is 0 Å². The van der Waals surface area contributed by atoms with Crippen LogP contribution in [-0.2, 0) is 25.8 Å². The molecule has 0 unspecified atom stereocenters. The minimum absolute atomic E-state index is 0.00970. The van der Waals surface area contributed by atoms with Crippen molar-refractivity contribution < 1.29 is 22.2 Å². The Hall–Kier alpha value is -5.59. The van der Waals surface area contributed by atoms with Gasteiger partial charge in [0.1, 0.15) is 23.3 Å². The number of halogens is 3. The number of nitrogens with zero attached hydrogens (tertiary/aromatic N) is 5. The maximum Gasteiger partial charge on any atom is 0.439 e. The summed E-state index contributed by atoms with van der Waals surface area (Å²) in [6.07, 6.45) is 0.965. The lowest BCUT2D eigenvalue weighted by Gasteiger charge is -2.16. The third kappa shape index (κ3) is 6.29. The van der Waals surface area contributed by atoms with Crippen molar-refractivity contribution >= 4 is 0 Å². The largest absolute Gasteiger partial charge is 0.439 e. The van der Waals surface area contributed by atoms with E-state index in [4.69, 9.17) is 9.51 Å². The van der Waals surface area contributed by atoms with Crippen LogP contribution in [0.15, 0.2) is 79.3 Å². The summed E-state index contributed by atoms with van der Waals surface area (Å²) in [7, 11) is 0. The van der Waals surface area contributed by atoms with Crippen LogP contribution in [0.25, 0.3) is 22.5 Å². The molecular formula is C33H27F3N6O4. The molecule has 0 aliphatic carbocycles. The molecule has 10 nitrogen and oxygen atoms in total. The highest BCUT2D eigenvalue weighted by atomic mass is 19.1. The summed E-state index contributed by atoms with van der Waals surface area (Å²) in [5.74, 6) is -2.76. The molecular weight excluding hydrogens is 601 g/mol. The fraction of sp³-hybridized carbons (Fsp3) is 0.212. The van der Waals surface area contributed by atoms with Crippen LogP contribution in [0.2, 0.25) is 0 Å². The molecule has 0 atom stereocenters. The van der Waals surface area contributed by atoms with Gasteiger partial charge in [0.05, 0.1) is 13.0 Å². The van der Waals surface area contributed by atoms with E-state index in [1.807, 2.05) is 55.5 Å². The molecule has 3 aromatic heterocycles. The van der Waals surface area contributed by atoms with Gasteiger partial charge in [-0.05, 0) is 30.0 Å². The highest BCUT2D eigenvalue weighted by Gasteiger charge is 2.20. The van der Waals surface area contributed by atoms with E-state index in [1.165, 1.54) is 0 Å². The van der Waals surface area contributed by atoms with Gasteiger partial charge in [0.25, 0.3) is 5.56 Å². The van der Waals surface area contributed by atoms with Gasteiger partial charge in [0, 0.05) is 47.4 Å². The average molecular weight is 629 g/mol. The molecule has 3 heterocycles. The number of hydrogen-bond donors (Lipinski definition) is 1. The zero-order valence-electron chi connectivity index (χ0n) is 24.8. The quantitative estimate of drug-likeness (QED) is 0.209. The Kier molecular flexibility index (Phi) is 8.47. The second kappa shape index (κ2) is 12.8. The van der Waals surface area contributed by atoms with Gasteiger partial charge in [-0.3, -0.25) is 18.9 Å². The fourth-order valence-electron chi connectivity index (χ4n) is 5.28. The Morgan fingerprint density at radius 3 is 2.24 bits per heavy atom. The highest BCUT2D eigenvalue weighted by Crippen LogP contribution is 2.30. The van der Waals surface area contributed by atoms with Gasteiger partial charge in [0.15, 0.2) is 11.6 Å². The smallest absolute Gasteiger partial charge is 0.339 e. The summed E-state index contributed by atoms with van der Waals surface area (Å²) < 4.78 is 53.2. The summed E-state index contributed by atoms with van der Waals surface area (Å²) in [6, 6.07) is 16.3. The fourth-order valence-corrected chi connectivity index (χ4v) is 5.28. The second-order valence-electron chi connectivity index (χ2n) is 10.7. The molecule has 46 heavy (non-hydrogen) atoms. The first-order chi connectivity index (χ1) is 22.2. The van der Waals surface area contributed by atoms with Crippen molar-refractivity contribution in [2.45, 2.75) is 46.1 Å². The van der Waals surface area contributed by atoms with E-state index in [9.17, 15) is 22.8 Å². The number of aromatic nitrogens is 6. The lowest BCUT2D eigenvalue weighted by Crippen LogP contribution is -2.30. The van der Waals surface area contributed by atoms with Crippen molar-refractivity contribution in [3.63, 3.8) is 0 Å². The van der Waals surface area contributed by atoms with Gasteiger partial charge >= 0.3 is 5.76 Å². The predicted octanol–water partition coefficient (Wildman–Crippen LogP) is 5.54. The van der Waals surface area contributed by atoms with Gasteiger partial charge in [-0.2, -0.15) is 4.98 Å². The van der Waals surface area contributed by atoms with Crippen molar-refractivity contribution in [1.29, 1.82) is 0 Å². The molecule has 0 fully saturated rings. The maximum absolute atomic E-state index is 14.1. The van der Waals surface area contributed by atoms with Crippen molar-refractivity contribution in [2.24, 2.45) is 0 Å². The lowest BCUT2D eigenvalue weighted by molar-refractivity contribution is 0.379. The molecule has 0 aliphatic rings. The van der Waals surface area contributed by atoms with E-state index in [1.54, 1.807) is 11.5 Å². The van der Waals surface area contributed by atoms with Crippen LogP contribution in [0.4, 0.5) is 13.2 Å². The van der Waals surface area contributed by atoms with Crippen LogP contribution in [0.3, 0.4) is 0 Å². The molecule has 6 rings (SSSR count). The summed E-state index contributed by atoms with van der Waals surface area (Å²) in [6.45, 7) is 3.99. The maximum atomic E-state index is 14.1. The zero-order valence-corrected chi connectivity index (χ0v) is 24.8. The van der Waals surface area contributed by atoms with Gasteiger partial charge in [-0.1, -0.05) is 65.8 Å². The van der Waals surface area contributed by atoms with Gasteiger partial charge in [-0.15, -0.1) is 0 Å². The van der Waals surface area contributed by atoms with E-state index < -0.39 is 23.2 Å². The molecule has 0 spiro atoms. The standard InChI is InChI=1S/C33H27F3N6O4/c1-3-6-29-37-18(2)24(16-30-38-28(40-45-30)15-25-26(35)13-21(34)14-27(25)36)32(43)42(29)17-19-9-11-20(12-10-19)22-7-4-5-8-23(22)31-39-33(44)46-41-31/h4-5,7-14H,3,6,15-17H2,1-2H3,(H,39,41,44). The number of rotatable bonds is 10. The minimum Gasteiger partial charge on any atom is -0.339 e. The number of nitrogens with one attached hydrogen (secondary N) is 1. The Bertz CT molecular complexity index is 2130. The first-order valence-corrected chi connectivity index (χ1v) is 14.5. The Morgan fingerprint density at radius 2 is 1.57 bits per heavy atom. The third-order valence-electron chi connectivity index (χ3n) is 7.53. The molecule has 0 radical (unpaired) electrons. The molecule has 0 bridgehead atoms. The van der Waals surface area contributed by atoms with Gasteiger partial charge in [0.2, 0.25) is 5.89 Å². The van der Waals surface area contributed by atoms with E-state index in [-0.39, 0.29) is 42.2 Å². The number of H-pyrrole nitrogens is 1. The van der Waals surface area contributed by atoms with E-state index >= 15 is 0 Å². The van der Waals surface area contributed by atoms with Crippen LogP contribution in [0.5, 0.6) is 0 Å². The van der Waals surface area contributed by atoms with Crippen molar-refractivity contribution in [3.05, 3.63) is 139 Å². The number of aromatic amines is 1. The molecule has 13 heteroatoms. The molecule has 0 saturated carbocycles. The molecule has 0 amide bonds. The first kappa shape index (κ1) is 30.4. The number of aryl methyl sites for hydroxylation is 2. The Morgan fingerprint density at radius 1 is 0.848 bits per heavy atom. The SMILES string of the molecule is CCCc1nc(C)c(Cc2nc(Cc3c(F)cc(F)cc3F)no2)c(=O)n1Cc1ccc(-c2ccccc2-c2noc(=O)[nH]2)cc1. The lowest BCUT2D eigenvalue weighted by atomic mass is 9.98. The summed E-state index contributed by atoms with van der Waals surface area (Å²) in [4.78, 5) is 36.9. The summed E-state index contributed by atoms with van der Waals surface area (Å²) in [5.41, 5.74) is 3.48. The molecule has 1 N–H and O–H groups in total. The highest BCUT2D eigenvalue weighted by molar-refractivity contribution is 5.80. The zero-order chi connectivity index (χ0) is 32.4. The molecule has 0 saturated heterocycles. The van der Waals surface area contributed by atoms with E-state index in [2.05, 4.69) is 24.8 Å². The van der Waals surface area contributed by atoms with E-state index in [0.29, 0.717) is 47.0 Å². The Balaban J connectivity index is 1.26. The summed E-state index contributed by atoms with van der Waals surface area (Å²) in [5, 5.41) is 7.61. The van der Waals surface area contributed by atoms with E-state index in [0.717, 1.165) is 23.1 Å². The van der Waals surface area contributed by atoms with Crippen LogP contribution in [0, 0.1) is 24.4 Å². The average Bonchev–Trinajstić information content (AvgIpc) is 3.68. The Labute approximate surface area is 259 Å². The monoisotopic (exact) mass is 628 g/mol. The topological polar surface area (TPSA) is 133 Å². The van der Waals surface area contributed by atoms with Crippen LogP contribution in [-0.4, -0.2) is 29.8 Å². The number of benzene rings is 3. The van der Waals surface area contributed by atoms with Crippen molar-refractivity contribution in [3.8, 4) is 22.5 Å². The predicted molar refractivity (Wildman–Crippen MR) is 161 cm³/mol. The summed E-state index contributed by atoms with van der Waals surface area (Å²) >= 11 is 0. The second-order valence-corrected chi connectivity index (χ2v) is 10.7. The van der Waals surface area contributed by atoms with Crippen LogP contribution in [0.1, 0.15) is 53.3 Å². The molecule has 0 aliphatic heterocycles. The number of hydrogen-bond acceptors (Lipinski definition) is 8. The third-order valence-corrected chi connectivity index (χ3v) is 7.53. The minimum atomic E-state index is -1.05. The normalized spacial score (nSPS) is 11.3. The van der Waals surface area contributed by atoms with Gasteiger partial charge < -0.3 is 4.52 Å². The van der Waals surface area contributed by atoms with Crippen molar-refractivity contribution in [1.82, 2.24) is 29.8 Å². The van der Waals surface area contributed by atoms with Gasteiger partial charge in [-0.25, -0.2) is 22.9 Å². The van der Waals surface area contributed by atoms with Crippen LogP contribution < -0.4 is 11.3 Å².